The Balaban J connectivity index is 2.42. The largest absolute Gasteiger partial charge is 0.382 e. The molecule has 1 fully saturated rings. The molecule has 0 spiro atoms. The Hall–Kier alpha value is -0.160. The Kier molecular flexibility index (Phi) is 6.05. The summed E-state index contributed by atoms with van der Waals surface area (Å²) < 4.78 is 10.6. The van der Waals surface area contributed by atoms with Gasteiger partial charge in [-0.15, -0.1) is 0 Å². The highest BCUT2D eigenvalue weighted by Gasteiger charge is 2.39. The topological polar surface area (TPSA) is 33.7 Å². The van der Waals surface area contributed by atoms with E-state index in [0.29, 0.717) is 13.2 Å². The van der Waals surface area contributed by atoms with Crippen molar-refractivity contribution in [2.24, 2.45) is 0 Å². The standard InChI is InChI=1S/C14H30N2O2/c1-6-14(4)11-15-13(2,3)12-16(14)7-8-18-10-9-17-5/h15H,6-12H2,1-5H3. The van der Waals surface area contributed by atoms with Gasteiger partial charge in [-0.05, 0) is 27.2 Å². The van der Waals surface area contributed by atoms with E-state index in [9.17, 15) is 0 Å². The van der Waals surface area contributed by atoms with Crippen molar-refractivity contribution in [3.63, 3.8) is 0 Å². The smallest absolute Gasteiger partial charge is 0.0700 e. The van der Waals surface area contributed by atoms with E-state index in [-0.39, 0.29) is 11.1 Å². The lowest BCUT2D eigenvalue weighted by Crippen LogP contribution is -2.67. The Labute approximate surface area is 112 Å². The summed E-state index contributed by atoms with van der Waals surface area (Å²) >= 11 is 0. The van der Waals surface area contributed by atoms with E-state index in [1.54, 1.807) is 7.11 Å². The lowest BCUT2D eigenvalue weighted by atomic mass is 9.88. The number of hydrogen-bond donors (Lipinski definition) is 1. The first-order valence-electron chi connectivity index (χ1n) is 7.00. The predicted octanol–water partition coefficient (Wildman–Crippen LogP) is 1.50. The van der Waals surface area contributed by atoms with Gasteiger partial charge in [0, 0.05) is 37.8 Å². The zero-order chi connectivity index (χ0) is 13.6. The quantitative estimate of drug-likeness (QED) is 0.702. The monoisotopic (exact) mass is 258 g/mol. The third-order valence-corrected chi connectivity index (χ3v) is 4.00. The first-order chi connectivity index (χ1) is 8.43. The summed E-state index contributed by atoms with van der Waals surface area (Å²) in [6.07, 6.45) is 1.16. The van der Waals surface area contributed by atoms with Crippen LogP contribution < -0.4 is 5.32 Å². The number of ether oxygens (including phenoxy) is 2. The molecule has 0 radical (unpaired) electrons. The molecule has 0 aromatic heterocycles. The molecule has 1 saturated heterocycles. The number of nitrogens with one attached hydrogen (secondary N) is 1. The second kappa shape index (κ2) is 6.85. The van der Waals surface area contributed by atoms with Crippen LogP contribution in [0.25, 0.3) is 0 Å². The molecule has 1 heterocycles. The molecule has 4 heteroatoms. The number of piperazine rings is 1. The van der Waals surface area contributed by atoms with E-state index in [1.165, 1.54) is 0 Å². The van der Waals surface area contributed by atoms with Crippen LogP contribution in [-0.2, 0) is 9.47 Å². The minimum Gasteiger partial charge on any atom is -0.382 e. The average Bonchev–Trinajstić information content (AvgIpc) is 2.33. The molecular weight excluding hydrogens is 228 g/mol. The van der Waals surface area contributed by atoms with Crippen LogP contribution in [0, 0.1) is 0 Å². The van der Waals surface area contributed by atoms with E-state index < -0.39 is 0 Å². The SMILES string of the molecule is CCC1(C)CNC(C)(C)CN1CCOCCOC. The molecule has 1 aliphatic rings. The van der Waals surface area contributed by atoms with Gasteiger partial charge in [-0.3, -0.25) is 4.90 Å². The zero-order valence-corrected chi connectivity index (χ0v) is 12.7. The van der Waals surface area contributed by atoms with Crippen LogP contribution in [0.2, 0.25) is 0 Å². The van der Waals surface area contributed by atoms with Crippen molar-refractivity contribution in [1.29, 1.82) is 0 Å². The molecular formula is C14H30N2O2. The molecule has 18 heavy (non-hydrogen) atoms. The maximum Gasteiger partial charge on any atom is 0.0700 e. The third-order valence-electron chi connectivity index (χ3n) is 4.00. The van der Waals surface area contributed by atoms with Gasteiger partial charge in [0.2, 0.25) is 0 Å². The van der Waals surface area contributed by atoms with Crippen molar-refractivity contribution < 1.29 is 9.47 Å². The van der Waals surface area contributed by atoms with Crippen molar-refractivity contribution in [1.82, 2.24) is 10.2 Å². The van der Waals surface area contributed by atoms with Gasteiger partial charge in [0.15, 0.2) is 0 Å². The fraction of sp³-hybridized carbons (Fsp3) is 1.00. The van der Waals surface area contributed by atoms with Crippen LogP contribution in [0.5, 0.6) is 0 Å². The average molecular weight is 258 g/mol. The van der Waals surface area contributed by atoms with Crippen molar-refractivity contribution in [3.8, 4) is 0 Å². The van der Waals surface area contributed by atoms with Crippen molar-refractivity contribution in [2.75, 3.05) is 46.6 Å². The maximum atomic E-state index is 5.60. The molecule has 1 N–H and O–H groups in total. The maximum absolute atomic E-state index is 5.60. The molecule has 0 aromatic rings. The van der Waals surface area contributed by atoms with E-state index in [2.05, 4.69) is 37.9 Å². The number of methoxy groups -OCH3 is 1. The van der Waals surface area contributed by atoms with Gasteiger partial charge in [-0.25, -0.2) is 0 Å². The number of rotatable bonds is 7. The Morgan fingerprint density at radius 2 is 1.89 bits per heavy atom. The minimum absolute atomic E-state index is 0.196. The Bertz CT molecular complexity index is 246. The molecule has 108 valence electrons. The normalized spacial score (nSPS) is 28.5. The predicted molar refractivity (Wildman–Crippen MR) is 75.0 cm³/mol. The van der Waals surface area contributed by atoms with Crippen LogP contribution in [-0.4, -0.2) is 62.5 Å². The van der Waals surface area contributed by atoms with Gasteiger partial charge >= 0.3 is 0 Å². The van der Waals surface area contributed by atoms with Crippen molar-refractivity contribution in [2.45, 2.75) is 45.2 Å². The van der Waals surface area contributed by atoms with Gasteiger partial charge in [-0.2, -0.15) is 0 Å². The van der Waals surface area contributed by atoms with Crippen molar-refractivity contribution in [3.05, 3.63) is 0 Å². The minimum atomic E-state index is 0.196. The van der Waals surface area contributed by atoms with Crippen LogP contribution in [0.15, 0.2) is 0 Å². The first-order valence-corrected chi connectivity index (χ1v) is 7.00. The molecule has 4 nitrogen and oxygen atoms in total. The molecule has 0 aliphatic carbocycles. The van der Waals surface area contributed by atoms with Gasteiger partial charge in [0.25, 0.3) is 0 Å². The van der Waals surface area contributed by atoms with E-state index in [4.69, 9.17) is 9.47 Å². The van der Waals surface area contributed by atoms with Gasteiger partial charge in [0.1, 0.15) is 0 Å². The lowest BCUT2D eigenvalue weighted by molar-refractivity contribution is -0.00733. The second-order valence-electron chi connectivity index (χ2n) is 6.11. The lowest BCUT2D eigenvalue weighted by Gasteiger charge is -2.51. The van der Waals surface area contributed by atoms with Gasteiger partial charge < -0.3 is 14.8 Å². The van der Waals surface area contributed by atoms with Crippen molar-refractivity contribution >= 4 is 0 Å². The fourth-order valence-corrected chi connectivity index (χ4v) is 2.38. The summed E-state index contributed by atoms with van der Waals surface area (Å²) in [6, 6.07) is 0. The second-order valence-corrected chi connectivity index (χ2v) is 6.11. The Morgan fingerprint density at radius 1 is 1.17 bits per heavy atom. The molecule has 1 unspecified atom stereocenters. The highest BCUT2D eigenvalue weighted by molar-refractivity contribution is 4.99. The molecule has 0 bridgehead atoms. The van der Waals surface area contributed by atoms with Crippen LogP contribution in [0.1, 0.15) is 34.1 Å². The highest BCUT2D eigenvalue weighted by Crippen LogP contribution is 2.26. The summed E-state index contributed by atoms with van der Waals surface area (Å²) in [5.74, 6) is 0. The van der Waals surface area contributed by atoms with E-state index >= 15 is 0 Å². The third kappa shape index (κ3) is 4.50. The van der Waals surface area contributed by atoms with Crippen LogP contribution >= 0.6 is 0 Å². The van der Waals surface area contributed by atoms with E-state index in [1.807, 2.05) is 0 Å². The molecule has 1 rings (SSSR count). The molecule has 0 amide bonds. The number of hydrogen-bond acceptors (Lipinski definition) is 4. The van der Waals surface area contributed by atoms with Crippen LogP contribution in [0.3, 0.4) is 0 Å². The molecule has 0 saturated carbocycles. The Morgan fingerprint density at radius 3 is 2.50 bits per heavy atom. The molecule has 0 aromatic carbocycles. The van der Waals surface area contributed by atoms with E-state index in [0.717, 1.165) is 32.7 Å². The molecule has 1 aliphatic heterocycles. The van der Waals surface area contributed by atoms with Gasteiger partial charge in [0.05, 0.1) is 19.8 Å². The zero-order valence-electron chi connectivity index (χ0n) is 12.7. The summed E-state index contributed by atoms with van der Waals surface area (Å²) in [4.78, 5) is 2.57. The summed E-state index contributed by atoms with van der Waals surface area (Å²) in [6.45, 7) is 14.4. The fourth-order valence-electron chi connectivity index (χ4n) is 2.38. The molecule has 1 atom stereocenters. The summed E-state index contributed by atoms with van der Waals surface area (Å²) in [7, 11) is 1.70. The summed E-state index contributed by atoms with van der Waals surface area (Å²) in [5.41, 5.74) is 0.446. The first kappa shape index (κ1) is 15.9. The highest BCUT2D eigenvalue weighted by atomic mass is 16.5. The van der Waals surface area contributed by atoms with Crippen LogP contribution in [0.4, 0.5) is 0 Å². The number of nitrogens with zero attached hydrogens (tertiary/aromatic N) is 1. The van der Waals surface area contributed by atoms with Gasteiger partial charge in [-0.1, -0.05) is 6.92 Å². The summed E-state index contributed by atoms with van der Waals surface area (Å²) in [5, 5.41) is 3.64.